The van der Waals surface area contributed by atoms with E-state index in [2.05, 4.69) is 321 Å². The SMILES string of the molecule is CC(C)(C)c1cc(-c2cc(-c3[c-]c(C4(c5ccccn5)c5ccccc5-c5ccccc54)ccc3)nc(-c3ccccc3O)c2)cc(C(C)(C)C)c1.[B]CP.[Pt].[Pt].c1ccc2c(c1)c1ccccc1n2-c1ccc(-c2ccc(-n3c4ccccc4c4ccccc43)cc2)cc1. The maximum atomic E-state index is 11.1. The van der Waals surface area contributed by atoms with Crippen LogP contribution >= 0.6 is 9.24 Å². The van der Waals surface area contributed by atoms with Crippen LogP contribution in [-0.2, 0) is 58.4 Å². The predicted molar refractivity (Wildman–Crippen MR) is 394 cm³/mol. The zero-order chi connectivity index (χ0) is 64.0. The summed E-state index contributed by atoms with van der Waals surface area (Å²) in [6.07, 6.45) is 1.88. The molecular formula is C86H71BN4OPPt2-. The van der Waals surface area contributed by atoms with E-state index in [-0.39, 0.29) is 58.7 Å². The number of fused-ring (bicyclic) bond motifs is 9. The molecule has 11 aromatic carbocycles. The molecule has 0 amide bonds. The summed E-state index contributed by atoms with van der Waals surface area (Å²) in [5, 5.41) is 16.2. The molecule has 9 heteroatoms. The third kappa shape index (κ3) is 12.3. The van der Waals surface area contributed by atoms with Crippen LogP contribution in [0.4, 0.5) is 0 Å². The Balaban J connectivity index is 0.000000178. The van der Waals surface area contributed by atoms with Gasteiger partial charge in [0.05, 0.1) is 46.7 Å². The Kier molecular flexibility index (Phi) is 19.0. The van der Waals surface area contributed by atoms with E-state index in [1.165, 1.54) is 99.5 Å². The van der Waals surface area contributed by atoms with Gasteiger partial charge in [-0.3, -0.25) is 9.97 Å². The first kappa shape index (κ1) is 66.0. The molecule has 1 aliphatic carbocycles. The molecule has 0 aliphatic heterocycles. The van der Waals surface area contributed by atoms with Crippen molar-refractivity contribution in [2.45, 2.75) is 57.8 Å². The van der Waals surface area contributed by atoms with Crippen molar-refractivity contribution >= 4 is 60.7 Å². The molecular weight excluding hydrogens is 1540 g/mol. The number of phenols is 1. The maximum absolute atomic E-state index is 11.1. The van der Waals surface area contributed by atoms with Crippen molar-refractivity contribution in [3.8, 4) is 73.0 Å². The molecule has 0 spiro atoms. The number of aromatic nitrogens is 4. The molecule has 1 atom stereocenters. The second kappa shape index (κ2) is 27.4. The molecule has 1 N–H and O–H groups in total. The monoisotopic (exact) mass is 1610 g/mol. The second-order valence-electron chi connectivity index (χ2n) is 26.0. The topological polar surface area (TPSA) is 55.9 Å². The van der Waals surface area contributed by atoms with Gasteiger partial charge in [-0.25, -0.2) is 0 Å². The number of aromatic hydroxyl groups is 1. The Bertz CT molecular complexity index is 4920. The molecule has 0 bridgehead atoms. The van der Waals surface area contributed by atoms with Crippen LogP contribution in [0, 0.1) is 6.07 Å². The minimum absolute atomic E-state index is 0. The van der Waals surface area contributed by atoms with E-state index in [4.69, 9.17) is 17.8 Å². The van der Waals surface area contributed by atoms with E-state index in [9.17, 15) is 5.11 Å². The van der Waals surface area contributed by atoms with Crippen LogP contribution in [0.2, 0.25) is 0 Å². The molecule has 95 heavy (non-hydrogen) atoms. The fraction of sp³-hybridized carbons (Fsp3) is 0.116. The summed E-state index contributed by atoms with van der Waals surface area (Å²) >= 11 is 0. The summed E-state index contributed by atoms with van der Waals surface area (Å²) in [5.41, 5.74) is 23.5. The normalized spacial score (nSPS) is 12.2. The van der Waals surface area contributed by atoms with Crippen LogP contribution < -0.4 is 0 Å². The first-order valence-corrected chi connectivity index (χ1v) is 32.7. The van der Waals surface area contributed by atoms with Gasteiger partial charge >= 0.3 is 0 Å². The smallest absolute Gasteiger partial charge is 0.124 e. The Morgan fingerprint density at radius 3 is 1.26 bits per heavy atom. The molecule has 1 aliphatic rings. The quantitative estimate of drug-likeness (QED) is 0.0937. The van der Waals surface area contributed by atoms with Crippen LogP contribution in [-0.4, -0.2) is 38.1 Å². The third-order valence-electron chi connectivity index (χ3n) is 18.2. The molecule has 4 aromatic heterocycles. The van der Waals surface area contributed by atoms with Gasteiger partial charge in [0.2, 0.25) is 0 Å². The number of benzene rings is 11. The predicted octanol–water partition coefficient (Wildman–Crippen LogP) is 21.5. The Labute approximate surface area is 590 Å². The Morgan fingerprint density at radius 1 is 0.421 bits per heavy atom. The fourth-order valence-corrected chi connectivity index (χ4v) is 13.7. The van der Waals surface area contributed by atoms with E-state index in [0.717, 1.165) is 33.6 Å². The van der Waals surface area contributed by atoms with Gasteiger partial charge in [0.25, 0.3) is 0 Å². The Morgan fingerprint density at radius 2 is 0.821 bits per heavy atom. The van der Waals surface area contributed by atoms with Gasteiger partial charge in [0, 0.05) is 86.8 Å². The largest absolute Gasteiger partial charge is 0.507 e. The molecule has 4 heterocycles. The number of hydrogen-bond donors (Lipinski definition) is 1. The summed E-state index contributed by atoms with van der Waals surface area (Å²) in [7, 11) is 7.17. The van der Waals surface area contributed by atoms with Crippen LogP contribution in [0.25, 0.3) is 111 Å². The molecule has 15 aromatic rings. The molecule has 5 nitrogen and oxygen atoms in total. The zero-order valence-electron chi connectivity index (χ0n) is 53.9. The first-order valence-electron chi connectivity index (χ1n) is 31.9. The second-order valence-corrected chi connectivity index (χ2v) is 26.5. The van der Waals surface area contributed by atoms with Crippen LogP contribution in [0.3, 0.4) is 0 Å². The van der Waals surface area contributed by atoms with Gasteiger partial charge < -0.3 is 14.2 Å². The van der Waals surface area contributed by atoms with E-state index in [1.54, 1.807) is 6.07 Å². The maximum Gasteiger partial charge on any atom is 0.124 e. The van der Waals surface area contributed by atoms with E-state index < -0.39 is 5.41 Å². The van der Waals surface area contributed by atoms with Gasteiger partial charge in [-0.05, 0) is 151 Å². The van der Waals surface area contributed by atoms with Crippen molar-refractivity contribution in [3.05, 3.63) is 331 Å². The van der Waals surface area contributed by atoms with Crippen molar-refractivity contribution in [1.29, 1.82) is 0 Å². The molecule has 2 radical (unpaired) electrons. The minimum Gasteiger partial charge on any atom is -0.507 e. The van der Waals surface area contributed by atoms with Crippen LogP contribution in [0.1, 0.15) is 75.1 Å². The summed E-state index contributed by atoms with van der Waals surface area (Å²) in [6.45, 7) is 13.6. The third-order valence-corrected chi connectivity index (χ3v) is 18.2. The zero-order valence-corrected chi connectivity index (χ0v) is 59.6. The van der Waals surface area contributed by atoms with E-state index >= 15 is 0 Å². The van der Waals surface area contributed by atoms with Crippen molar-refractivity contribution in [2.24, 2.45) is 0 Å². The summed E-state index contributed by atoms with van der Waals surface area (Å²) < 4.78 is 4.72. The van der Waals surface area contributed by atoms with Crippen molar-refractivity contribution < 1.29 is 47.2 Å². The number of pyridine rings is 2. The number of para-hydroxylation sites is 5. The fourth-order valence-electron chi connectivity index (χ4n) is 13.7. The van der Waals surface area contributed by atoms with Crippen molar-refractivity contribution in [2.75, 3.05) is 6.06 Å². The summed E-state index contributed by atoms with van der Waals surface area (Å²) in [6, 6.07) is 106. The molecule has 0 saturated carbocycles. The average molecular weight is 1610 g/mol. The molecule has 1 unspecified atom stereocenters. The minimum atomic E-state index is -0.675. The Hall–Kier alpha value is -9.01. The van der Waals surface area contributed by atoms with Gasteiger partial charge in [0.1, 0.15) is 5.75 Å². The molecule has 0 fully saturated rings. The first-order chi connectivity index (χ1) is 45.2. The number of phenolic OH excluding ortho intramolecular Hbond substituents is 1. The molecule has 0 saturated heterocycles. The van der Waals surface area contributed by atoms with E-state index in [0.29, 0.717) is 17.3 Å². The summed E-state index contributed by atoms with van der Waals surface area (Å²) in [5.74, 6) is 0.197. The van der Waals surface area contributed by atoms with Crippen molar-refractivity contribution in [1.82, 2.24) is 19.1 Å². The summed E-state index contributed by atoms with van der Waals surface area (Å²) in [4.78, 5) is 10.3. The van der Waals surface area contributed by atoms with Gasteiger partial charge in [-0.15, -0.1) is 44.6 Å². The van der Waals surface area contributed by atoms with Crippen LogP contribution in [0.5, 0.6) is 5.75 Å². The number of hydrogen-bond acceptors (Lipinski definition) is 3. The van der Waals surface area contributed by atoms with Gasteiger partial charge in [0.15, 0.2) is 0 Å². The van der Waals surface area contributed by atoms with Crippen LogP contribution in [0.15, 0.2) is 291 Å². The van der Waals surface area contributed by atoms with Gasteiger partial charge in [-0.2, -0.15) is 0 Å². The van der Waals surface area contributed by atoms with Crippen molar-refractivity contribution in [3.63, 3.8) is 0 Å². The van der Waals surface area contributed by atoms with Gasteiger partial charge in [-0.1, -0.05) is 236 Å². The van der Waals surface area contributed by atoms with E-state index in [1.807, 2.05) is 30.5 Å². The standard InChI is InChI=1S/C49H43N2O.C36H24N2.CH4BP.2Pt/c1-47(2,3)36-27-33(28-37(31-36)48(4,5)6)34-29-43(51-44(30-34)40-20-9-12-23-45(40)52)32-16-15-17-35(26-32)49(46-24-13-14-25-50-46)41-21-10-7-18-38(41)39-19-8-11-22-42(39)49;1-5-13-33-29(9-1)30-10-2-6-14-34(30)37(33)27-21-17-25(18-22-27)26-19-23-28(24-20-26)38-35-15-7-3-11-31(35)32-12-4-8-16-36(32)38;2-1-3;;/h7-25,27-31,52H,1-6H3;1-24H;1,3H2;;/q-1;;;;. The molecule has 470 valence electrons. The molecule has 16 rings (SSSR count). The average Bonchev–Trinajstić information content (AvgIpc) is 1.56. The number of nitrogens with zero attached hydrogens (tertiary/aromatic N) is 4. The number of rotatable bonds is 8.